The average Bonchev–Trinajstić information content (AvgIpc) is 3.50. The summed E-state index contributed by atoms with van der Waals surface area (Å²) in [5.74, 6) is -1.03. The molecule has 0 radical (unpaired) electrons. The lowest BCUT2D eigenvalue weighted by atomic mass is 9.87. The van der Waals surface area contributed by atoms with Crippen LogP contribution in [0.4, 0.5) is 4.79 Å². The molecule has 46 heavy (non-hydrogen) atoms. The normalized spacial score (nSPS) is 22.8. The fraction of sp³-hybridized carbons (Fsp3) is 0.839. The van der Waals surface area contributed by atoms with Crippen LogP contribution in [-0.4, -0.2) is 101 Å². The first-order valence-corrected chi connectivity index (χ1v) is 17.1. The SMILES string of the molecule is CC(C)CCCCCCNC(=O)CCCCC(=O)NCCCCCCNC(=O)OCC1NC(N)=[N+]2CCC(O)(O)C23NC(N)=NC13. The van der Waals surface area contributed by atoms with E-state index in [-0.39, 0.29) is 36.8 Å². The van der Waals surface area contributed by atoms with E-state index in [1.54, 1.807) is 4.58 Å². The van der Waals surface area contributed by atoms with Crippen molar-refractivity contribution in [3.63, 3.8) is 0 Å². The van der Waals surface area contributed by atoms with Crippen LogP contribution in [0.1, 0.15) is 104 Å². The number of nitrogens with one attached hydrogen (secondary N) is 5. The number of rotatable bonds is 21. The van der Waals surface area contributed by atoms with Crippen molar-refractivity contribution in [3.8, 4) is 0 Å². The van der Waals surface area contributed by atoms with E-state index in [4.69, 9.17) is 16.2 Å². The molecule has 3 aliphatic heterocycles. The lowest BCUT2D eigenvalue weighted by molar-refractivity contribution is -0.623. The predicted molar refractivity (Wildman–Crippen MR) is 175 cm³/mol. The van der Waals surface area contributed by atoms with Crippen molar-refractivity contribution in [2.45, 2.75) is 127 Å². The number of aliphatic hydroxyl groups is 2. The Morgan fingerprint density at radius 3 is 2.07 bits per heavy atom. The molecular weight excluding hydrogens is 594 g/mol. The number of hydrogen-bond donors (Lipinski definition) is 9. The largest absolute Gasteiger partial charge is 0.446 e. The molecule has 3 rings (SSSR count). The minimum absolute atomic E-state index is 0.00928. The van der Waals surface area contributed by atoms with Crippen molar-refractivity contribution < 1.29 is 33.9 Å². The fourth-order valence-electron chi connectivity index (χ4n) is 6.38. The van der Waals surface area contributed by atoms with E-state index in [1.807, 2.05) is 0 Å². The number of carbonyl (C=O) groups excluding carboxylic acids is 3. The number of ether oxygens (including phenoxy) is 1. The third-order valence-corrected chi connectivity index (χ3v) is 8.93. The van der Waals surface area contributed by atoms with Crippen LogP contribution in [-0.2, 0) is 14.3 Å². The first-order chi connectivity index (χ1) is 22.0. The van der Waals surface area contributed by atoms with Crippen molar-refractivity contribution in [1.82, 2.24) is 26.6 Å². The van der Waals surface area contributed by atoms with Crippen LogP contribution in [0.2, 0.25) is 0 Å². The Labute approximate surface area is 272 Å². The van der Waals surface area contributed by atoms with Gasteiger partial charge in [-0.25, -0.2) is 14.4 Å². The molecule has 3 heterocycles. The van der Waals surface area contributed by atoms with Crippen molar-refractivity contribution in [2.75, 3.05) is 32.8 Å². The van der Waals surface area contributed by atoms with Gasteiger partial charge in [0.05, 0.1) is 6.54 Å². The highest BCUT2D eigenvalue weighted by Crippen LogP contribution is 2.41. The second-order valence-electron chi connectivity index (χ2n) is 13.1. The quantitative estimate of drug-likeness (QED) is 0.0459. The molecule has 3 atom stereocenters. The van der Waals surface area contributed by atoms with E-state index in [2.05, 4.69) is 45.4 Å². The molecular formula is C31H58N9O6+. The molecule has 0 aromatic carbocycles. The van der Waals surface area contributed by atoms with Gasteiger partial charge in [0.25, 0.3) is 0 Å². The molecule has 0 aliphatic carbocycles. The first-order valence-electron chi connectivity index (χ1n) is 17.1. The molecule has 11 N–H and O–H groups in total. The number of nitrogens with two attached hydrogens (primary N) is 2. The maximum absolute atomic E-state index is 12.3. The Kier molecular flexibility index (Phi) is 14.6. The minimum Gasteiger partial charge on any atom is -0.446 e. The molecule has 0 bridgehead atoms. The highest BCUT2D eigenvalue weighted by molar-refractivity contribution is 5.83. The summed E-state index contributed by atoms with van der Waals surface area (Å²) in [4.78, 5) is 40.6. The zero-order valence-electron chi connectivity index (χ0n) is 27.7. The highest BCUT2D eigenvalue weighted by Gasteiger charge is 2.71. The Balaban J connectivity index is 1.15. The van der Waals surface area contributed by atoms with Crippen LogP contribution in [0.15, 0.2) is 4.99 Å². The first kappa shape index (κ1) is 37.1. The van der Waals surface area contributed by atoms with Crippen molar-refractivity contribution in [3.05, 3.63) is 0 Å². The monoisotopic (exact) mass is 652 g/mol. The van der Waals surface area contributed by atoms with Gasteiger partial charge in [-0.1, -0.05) is 52.4 Å². The molecule has 3 unspecified atom stereocenters. The van der Waals surface area contributed by atoms with Crippen LogP contribution in [0.5, 0.6) is 0 Å². The summed E-state index contributed by atoms with van der Waals surface area (Å²) in [7, 11) is 0. The Hall–Kier alpha value is -3.33. The van der Waals surface area contributed by atoms with E-state index in [0.29, 0.717) is 45.3 Å². The zero-order chi connectivity index (χ0) is 33.6. The molecule has 3 aliphatic rings. The minimum atomic E-state index is -2.14. The van der Waals surface area contributed by atoms with Crippen LogP contribution in [0.25, 0.3) is 0 Å². The maximum Gasteiger partial charge on any atom is 0.407 e. The van der Waals surface area contributed by atoms with Crippen LogP contribution in [0.3, 0.4) is 0 Å². The van der Waals surface area contributed by atoms with E-state index in [1.165, 1.54) is 19.3 Å². The summed E-state index contributed by atoms with van der Waals surface area (Å²) in [5.41, 5.74) is 10.6. The number of nitrogens with zero attached hydrogens (tertiary/aromatic N) is 2. The predicted octanol–water partition coefficient (Wildman–Crippen LogP) is 0.0387. The van der Waals surface area contributed by atoms with Gasteiger partial charge in [-0.15, -0.1) is 0 Å². The van der Waals surface area contributed by atoms with Gasteiger partial charge >= 0.3 is 12.1 Å². The number of carbonyl (C=O) groups is 3. The molecule has 15 heteroatoms. The molecule has 0 saturated carbocycles. The third-order valence-electron chi connectivity index (χ3n) is 8.93. The van der Waals surface area contributed by atoms with Gasteiger partial charge in [0.2, 0.25) is 23.3 Å². The number of amides is 3. The second kappa shape index (κ2) is 18.1. The number of unbranched alkanes of at least 4 members (excludes halogenated alkanes) is 7. The van der Waals surface area contributed by atoms with Crippen molar-refractivity contribution in [1.29, 1.82) is 0 Å². The van der Waals surface area contributed by atoms with Gasteiger partial charge in [0.15, 0.2) is 12.0 Å². The lowest BCUT2D eigenvalue weighted by Crippen LogP contribution is -2.77. The maximum atomic E-state index is 12.3. The van der Waals surface area contributed by atoms with E-state index >= 15 is 0 Å². The van der Waals surface area contributed by atoms with Crippen molar-refractivity contribution >= 4 is 29.8 Å². The van der Waals surface area contributed by atoms with E-state index in [9.17, 15) is 24.6 Å². The van der Waals surface area contributed by atoms with E-state index in [0.717, 1.165) is 51.0 Å². The second-order valence-corrected chi connectivity index (χ2v) is 13.1. The van der Waals surface area contributed by atoms with Gasteiger partial charge in [0.1, 0.15) is 12.6 Å². The molecule has 1 fully saturated rings. The van der Waals surface area contributed by atoms with Crippen LogP contribution < -0.4 is 38.1 Å². The average molecular weight is 653 g/mol. The standard InChI is InChI=1S/C31H57N9O6/c1-22(2)13-7-3-4-10-17-34-24(41)14-8-9-15-25(42)35-18-11-5-6-12-19-36-29(43)46-21-23-26-31(39-27(32)38-26)30(44,45)16-20-40(31)28(33)37-23/h22-23,26,44-45H,3-21H2,1-2H3,(H8,32,33,34,35,36,37,38,39,41,42,43)/p+1. The fourth-order valence-corrected chi connectivity index (χ4v) is 6.38. The third kappa shape index (κ3) is 10.6. The topological polar surface area (TPSA) is 228 Å². The molecule has 3 amide bonds. The smallest absolute Gasteiger partial charge is 0.407 e. The molecule has 1 spiro atoms. The summed E-state index contributed by atoms with van der Waals surface area (Å²) in [6.07, 6.45) is 11.1. The Morgan fingerprint density at radius 2 is 1.48 bits per heavy atom. The molecule has 0 aromatic rings. The van der Waals surface area contributed by atoms with Crippen molar-refractivity contribution in [2.24, 2.45) is 22.4 Å². The van der Waals surface area contributed by atoms with Gasteiger partial charge in [-0.2, -0.15) is 0 Å². The van der Waals surface area contributed by atoms with Gasteiger partial charge in [-0.3, -0.25) is 20.6 Å². The molecule has 0 aromatic heterocycles. The molecule has 15 nitrogen and oxygen atoms in total. The number of alkyl carbamates (subject to hydrolysis) is 1. The summed E-state index contributed by atoms with van der Waals surface area (Å²) >= 11 is 0. The summed E-state index contributed by atoms with van der Waals surface area (Å²) < 4.78 is 6.98. The number of aliphatic imine (C=N–C) groups is 1. The number of hydrogen-bond acceptors (Lipinski definition) is 11. The van der Waals surface area contributed by atoms with Gasteiger partial charge in [-0.05, 0) is 38.0 Å². The van der Waals surface area contributed by atoms with Crippen LogP contribution in [0, 0.1) is 5.92 Å². The summed E-state index contributed by atoms with van der Waals surface area (Å²) in [6.45, 7) is 6.45. The van der Waals surface area contributed by atoms with Crippen LogP contribution >= 0.6 is 0 Å². The summed E-state index contributed by atoms with van der Waals surface area (Å²) in [6, 6.07) is -1.37. The zero-order valence-corrected chi connectivity index (χ0v) is 27.7. The Bertz CT molecular complexity index is 1080. The Morgan fingerprint density at radius 1 is 0.913 bits per heavy atom. The van der Waals surface area contributed by atoms with E-state index < -0.39 is 29.6 Å². The number of guanidine groups is 2. The highest BCUT2D eigenvalue weighted by atomic mass is 16.5. The molecule has 262 valence electrons. The van der Waals surface area contributed by atoms with Gasteiger partial charge < -0.3 is 42.0 Å². The summed E-state index contributed by atoms with van der Waals surface area (Å²) in [5, 5.41) is 36.0. The lowest BCUT2D eigenvalue weighted by Gasteiger charge is -2.42. The molecule has 1 saturated heterocycles. The van der Waals surface area contributed by atoms with Gasteiger partial charge in [0, 0.05) is 38.9 Å².